The molecule has 4 aromatic rings. The second-order valence-corrected chi connectivity index (χ2v) is 7.88. The normalized spacial score (nSPS) is 11.5. The topological polar surface area (TPSA) is 85.6 Å². The molecule has 0 saturated heterocycles. The fourth-order valence-electron chi connectivity index (χ4n) is 2.98. The van der Waals surface area contributed by atoms with E-state index in [2.05, 4.69) is 14.7 Å². The Labute approximate surface area is 162 Å². The zero-order valence-electron chi connectivity index (χ0n) is 15.3. The van der Waals surface area contributed by atoms with Gasteiger partial charge in [0.15, 0.2) is 0 Å². The van der Waals surface area contributed by atoms with Crippen molar-refractivity contribution < 1.29 is 13.2 Å². The van der Waals surface area contributed by atoms with Crippen molar-refractivity contribution in [1.29, 1.82) is 0 Å². The molecule has 4 rings (SSSR count). The fourth-order valence-corrected chi connectivity index (χ4v) is 4.02. The Morgan fingerprint density at radius 1 is 1.07 bits per heavy atom. The van der Waals surface area contributed by atoms with Crippen LogP contribution in [-0.4, -0.2) is 29.9 Å². The molecule has 1 N–H and O–H groups in total. The molecule has 28 heavy (non-hydrogen) atoms. The molecule has 142 valence electrons. The van der Waals surface area contributed by atoms with Crippen molar-refractivity contribution in [3.05, 3.63) is 72.7 Å². The Hall–Kier alpha value is -3.39. The summed E-state index contributed by atoms with van der Waals surface area (Å²) in [6.45, 7) is 1.95. The average molecular weight is 394 g/mol. The lowest BCUT2D eigenvalue weighted by Gasteiger charge is -2.10. The van der Waals surface area contributed by atoms with E-state index in [1.807, 2.05) is 29.7 Å². The van der Waals surface area contributed by atoms with Crippen LogP contribution in [0.25, 0.3) is 17.0 Å². The van der Waals surface area contributed by atoms with Gasteiger partial charge in [-0.1, -0.05) is 12.1 Å². The summed E-state index contributed by atoms with van der Waals surface area (Å²) in [5.74, 6) is 1.19. The van der Waals surface area contributed by atoms with Crippen LogP contribution in [0.1, 0.15) is 5.69 Å². The average Bonchev–Trinajstić information content (AvgIpc) is 3.05. The number of benzene rings is 2. The zero-order valence-corrected chi connectivity index (χ0v) is 16.1. The molecule has 0 radical (unpaired) electrons. The monoisotopic (exact) mass is 394 g/mol. The minimum absolute atomic E-state index is 0.159. The third kappa shape index (κ3) is 3.29. The number of hydrogen-bond donors (Lipinski definition) is 1. The van der Waals surface area contributed by atoms with Crippen molar-refractivity contribution in [1.82, 2.24) is 14.4 Å². The van der Waals surface area contributed by atoms with E-state index in [0.29, 0.717) is 17.2 Å². The molecule has 0 bridgehead atoms. The van der Waals surface area contributed by atoms with Crippen LogP contribution in [0.3, 0.4) is 0 Å². The van der Waals surface area contributed by atoms with E-state index < -0.39 is 10.0 Å². The molecule has 0 aliphatic rings. The van der Waals surface area contributed by atoms with E-state index in [1.54, 1.807) is 36.5 Å². The second kappa shape index (κ2) is 6.97. The van der Waals surface area contributed by atoms with Gasteiger partial charge in [0.2, 0.25) is 5.78 Å². The Kier molecular flexibility index (Phi) is 4.48. The number of methoxy groups -OCH3 is 1. The van der Waals surface area contributed by atoms with Gasteiger partial charge in [-0.2, -0.15) is 0 Å². The Morgan fingerprint density at radius 2 is 1.86 bits per heavy atom. The van der Waals surface area contributed by atoms with E-state index in [-0.39, 0.29) is 4.90 Å². The molecule has 8 heteroatoms. The van der Waals surface area contributed by atoms with Gasteiger partial charge in [0.25, 0.3) is 10.0 Å². The number of fused-ring (bicyclic) bond motifs is 1. The van der Waals surface area contributed by atoms with Gasteiger partial charge in [0, 0.05) is 29.3 Å². The molecule has 0 aliphatic carbocycles. The summed E-state index contributed by atoms with van der Waals surface area (Å²) < 4.78 is 34.9. The van der Waals surface area contributed by atoms with Gasteiger partial charge in [-0.15, -0.1) is 0 Å². The number of anilines is 1. The van der Waals surface area contributed by atoms with Crippen molar-refractivity contribution in [2.24, 2.45) is 0 Å². The van der Waals surface area contributed by atoms with Crippen molar-refractivity contribution in [3.63, 3.8) is 0 Å². The molecule has 0 fully saturated rings. The van der Waals surface area contributed by atoms with E-state index in [0.717, 1.165) is 17.0 Å². The molecule has 7 nitrogen and oxygen atoms in total. The van der Waals surface area contributed by atoms with Crippen LogP contribution in [0.2, 0.25) is 0 Å². The van der Waals surface area contributed by atoms with Crippen LogP contribution in [0, 0.1) is 6.92 Å². The van der Waals surface area contributed by atoms with Gasteiger partial charge in [0.05, 0.1) is 17.7 Å². The van der Waals surface area contributed by atoms with Crippen LogP contribution in [0.5, 0.6) is 5.75 Å². The number of ether oxygens (including phenoxy) is 1. The molecule has 0 amide bonds. The fraction of sp³-hybridized carbons (Fsp3) is 0.100. The molecule has 2 heterocycles. The Balaban J connectivity index is 1.67. The van der Waals surface area contributed by atoms with Gasteiger partial charge < -0.3 is 4.74 Å². The van der Waals surface area contributed by atoms with Gasteiger partial charge in [-0.05, 0) is 49.4 Å². The largest absolute Gasteiger partial charge is 0.497 e. The van der Waals surface area contributed by atoms with Gasteiger partial charge >= 0.3 is 0 Å². The number of aromatic nitrogens is 3. The number of hydrogen-bond acceptors (Lipinski definition) is 5. The molecule has 2 aromatic carbocycles. The highest BCUT2D eigenvalue weighted by Gasteiger charge is 2.16. The van der Waals surface area contributed by atoms with E-state index in [9.17, 15) is 8.42 Å². The first kappa shape index (κ1) is 18.0. The van der Waals surface area contributed by atoms with Crippen LogP contribution in [-0.2, 0) is 10.0 Å². The number of sulfonamides is 1. The molecule has 0 atom stereocenters. The highest BCUT2D eigenvalue weighted by atomic mass is 32.2. The van der Waals surface area contributed by atoms with Crippen molar-refractivity contribution in [3.8, 4) is 17.0 Å². The minimum Gasteiger partial charge on any atom is -0.497 e. The lowest BCUT2D eigenvalue weighted by molar-refractivity contribution is 0.414. The summed E-state index contributed by atoms with van der Waals surface area (Å²) >= 11 is 0. The molecule has 2 aromatic heterocycles. The summed E-state index contributed by atoms with van der Waals surface area (Å²) in [5.41, 5.74) is 2.94. The summed E-state index contributed by atoms with van der Waals surface area (Å²) in [6, 6.07) is 15.2. The zero-order chi connectivity index (χ0) is 19.7. The molecule has 0 spiro atoms. The minimum atomic E-state index is -3.72. The summed E-state index contributed by atoms with van der Waals surface area (Å²) in [7, 11) is -2.18. The Bertz CT molecular complexity index is 1250. The smallest absolute Gasteiger partial charge is 0.261 e. The molecule has 0 unspecified atom stereocenters. The maximum Gasteiger partial charge on any atom is 0.261 e. The van der Waals surface area contributed by atoms with Crippen molar-refractivity contribution in [2.75, 3.05) is 11.8 Å². The number of rotatable bonds is 5. The maximum atomic E-state index is 12.7. The second-order valence-electron chi connectivity index (χ2n) is 6.20. The van der Waals surface area contributed by atoms with E-state index in [1.165, 1.54) is 19.2 Å². The first-order chi connectivity index (χ1) is 13.5. The number of imidazole rings is 1. The predicted molar refractivity (Wildman–Crippen MR) is 107 cm³/mol. The van der Waals surface area contributed by atoms with Crippen LogP contribution < -0.4 is 9.46 Å². The highest BCUT2D eigenvalue weighted by molar-refractivity contribution is 7.92. The third-order valence-corrected chi connectivity index (χ3v) is 5.80. The first-order valence-corrected chi connectivity index (χ1v) is 10.0. The first-order valence-electron chi connectivity index (χ1n) is 8.55. The maximum absolute atomic E-state index is 12.7. The quantitative estimate of drug-likeness (QED) is 0.560. The van der Waals surface area contributed by atoms with Gasteiger partial charge in [-0.25, -0.2) is 18.4 Å². The summed E-state index contributed by atoms with van der Waals surface area (Å²) in [5, 5.41) is 0. The van der Waals surface area contributed by atoms with Gasteiger partial charge in [0.1, 0.15) is 5.75 Å². The number of nitrogens with one attached hydrogen (secondary N) is 1. The molecular weight excluding hydrogens is 376 g/mol. The van der Waals surface area contributed by atoms with Gasteiger partial charge in [-0.3, -0.25) is 9.12 Å². The molecular formula is C20H18N4O3S. The third-order valence-electron chi connectivity index (χ3n) is 4.40. The number of aryl methyl sites for hydroxylation is 1. The summed E-state index contributed by atoms with van der Waals surface area (Å²) in [6.07, 6.45) is 3.58. The van der Waals surface area contributed by atoms with Crippen LogP contribution in [0.4, 0.5) is 5.69 Å². The van der Waals surface area contributed by atoms with E-state index in [4.69, 9.17) is 4.74 Å². The predicted octanol–water partition coefficient (Wildman–Crippen LogP) is 3.51. The lowest BCUT2D eigenvalue weighted by Crippen LogP contribution is -2.12. The molecule has 0 saturated carbocycles. The SMILES string of the molecule is COc1ccc(S(=O)(=O)Nc2cccc(-c3nc4ncccn4c3C)c2)cc1. The number of nitrogens with zero attached hydrogens (tertiary/aromatic N) is 3. The Morgan fingerprint density at radius 3 is 2.57 bits per heavy atom. The van der Waals surface area contributed by atoms with Crippen molar-refractivity contribution >= 4 is 21.5 Å². The van der Waals surface area contributed by atoms with Crippen molar-refractivity contribution in [2.45, 2.75) is 11.8 Å². The standard InChI is InChI=1S/C20H18N4O3S/c1-14-19(22-20-21-11-4-12-24(14)20)15-5-3-6-16(13-15)23-28(25,26)18-9-7-17(27-2)8-10-18/h3-13,23H,1-2H3. The highest BCUT2D eigenvalue weighted by Crippen LogP contribution is 2.27. The van der Waals surface area contributed by atoms with Crippen LogP contribution >= 0.6 is 0 Å². The van der Waals surface area contributed by atoms with E-state index >= 15 is 0 Å². The van der Waals surface area contributed by atoms with Crippen LogP contribution in [0.15, 0.2) is 71.9 Å². The lowest BCUT2D eigenvalue weighted by atomic mass is 10.1. The summed E-state index contributed by atoms with van der Waals surface area (Å²) in [4.78, 5) is 8.97. The molecule has 0 aliphatic heterocycles.